The summed E-state index contributed by atoms with van der Waals surface area (Å²) in [5.41, 5.74) is 0.0966. The van der Waals surface area contributed by atoms with Gasteiger partial charge in [-0.25, -0.2) is 4.79 Å². The Hall–Kier alpha value is -1.36. The molecule has 1 aromatic rings. The molecule has 0 fully saturated rings. The van der Waals surface area contributed by atoms with Crippen LogP contribution in [0.3, 0.4) is 0 Å². The lowest BCUT2D eigenvalue weighted by Crippen LogP contribution is -2.48. The summed E-state index contributed by atoms with van der Waals surface area (Å²) in [4.78, 5) is 25.3. The number of halogens is 1. The highest BCUT2D eigenvalue weighted by molar-refractivity contribution is 9.10. The predicted octanol–water partition coefficient (Wildman–Crippen LogP) is 3.50. The third kappa shape index (κ3) is 4.35. The molecule has 104 valence electrons. The van der Waals surface area contributed by atoms with E-state index in [1.807, 2.05) is 20.8 Å². The van der Waals surface area contributed by atoms with Crippen molar-refractivity contribution >= 4 is 27.8 Å². The summed E-state index contributed by atoms with van der Waals surface area (Å²) in [7, 11) is 1.31. The Balaban J connectivity index is 2.88. The lowest BCUT2D eigenvalue weighted by atomic mass is 10.0. The van der Waals surface area contributed by atoms with Crippen LogP contribution >= 0.6 is 15.9 Å². The Bertz CT molecular complexity index is 463. The molecule has 0 aliphatic rings. The first-order valence-electron chi connectivity index (χ1n) is 5.90. The molecule has 1 aromatic carbocycles. The third-order valence-corrected chi connectivity index (χ3v) is 3.20. The van der Waals surface area contributed by atoms with Crippen LogP contribution in [0.15, 0.2) is 28.7 Å². The van der Waals surface area contributed by atoms with E-state index >= 15 is 0 Å². The van der Waals surface area contributed by atoms with Crippen LogP contribution in [-0.4, -0.2) is 36.0 Å². The zero-order valence-corrected chi connectivity index (χ0v) is 13.2. The average molecular weight is 328 g/mol. The van der Waals surface area contributed by atoms with Crippen molar-refractivity contribution in [2.24, 2.45) is 0 Å². The van der Waals surface area contributed by atoms with Crippen LogP contribution in [-0.2, 0) is 4.74 Å². The van der Waals surface area contributed by atoms with Crippen LogP contribution in [0.2, 0.25) is 0 Å². The molecule has 5 heteroatoms. The molecule has 0 aromatic heterocycles. The molecule has 0 radical (unpaired) electrons. The Morgan fingerprint density at radius 1 is 1.21 bits per heavy atom. The molecule has 0 saturated carbocycles. The van der Waals surface area contributed by atoms with Crippen molar-refractivity contribution < 1.29 is 14.3 Å². The van der Waals surface area contributed by atoms with Crippen LogP contribution in [0.1, 0.15) is 31.1 Å². The van der Waals surface area contributed by atoms with Gasteiger partial charge in [0, 0.05) is 15.6 Å². The van der Waals surface area contributed by atoms with Gasteiger partial charge in [-0.2, -0.15) is 0 Å². The van der Waals surface area contributed by atoms with Crippen molar-refractivity contribution in [1.82, 2.24) is 4.90 Å². The maximum Gasteiger partial charge on any atom is 0.410 e. The van der Waals surface area contributed by atoms with Gasteiger partial charge in [0.1, 0.15) is 0 Å². The molecule has 0 aliphatic heterocycles. The van der Waals surface area contributed by atoms with Crippen LogP contribution in [0.4, 0.5) is 4.79 Å². The Labute approximate surface area is 121 Å². The van der Waals surface area contributed by atoms with Crippen LogP contribution in [0.25, 0.3) is 0 Å². The van der Waals surface area contributed by atoms with E-state index < -0.39 is 11.6 Å². The van der Waals surface area contributed by atoms with E-state index in [9.17, 15) is 9.59 Å². The second kappa shape index (κ2) is 6.19. The number of carbonyl (C=O) groups is 2. The first kappa shape index (κ1) is 15.7. The first-order chi connectivity index (χ1) is 8.75. The number of ketones is 1. The minimum Gasteiger partial charge on any atom is -0.453 e. The largest absolute Gasteiger partial charge is 0.453 e. The van der Waals surface area contributed by atoms with Crippen molar-refractivity contribution in [2.45, 2.75) is 26.3 Å². The molecule has 1 rings (SSSR count). The number of hydrogen-bond acceptors (Lipinski definition) is 3. The molecule has 0 N–H and O–H groups in total. The number of methoxy groups -OCH3 is 1. The van der Waals surface area contributed by atoms with Crippen molar-refractivity contribution in [3.8, 4) is 0 Å². The Kier molecular flexibility index (Phi) is 5.11. The summed E-state index contributed by atoms with van der Waals surface area (Å²) in [5.74, 6) is -0.118. The molecule has 0 saturated heterocycles. The SMILES string of the molecule is COC(=O)N(CC(=O)c1ccc(Br)cc1)C(C)(C)C. The number of benzene rings is 1. The third-order valence-electron chi connectivity index (χ3n) is 2.67. The van der Waals surface area contributed by atoms with E-state index in [0.717, 1.165) is 4.47 Å². The monoisotopic (exact) mass is 327 g/mol. The zero-order chi connectivity index (χ0) is 14.6. The fraction of sp³-hybridized carbons (Fsp3) is 0.429. The highest BCUT2D eigenvalue weighted by Gasteiger charge is 2.29. The summed E-state index contributed by atoms with van der Waals surface area (Å²) in [5, 5.41) is 0. The van der Waals surface area contributed by atoms with E-state index in [1.165, 1.54) is 12.0 Å². The molecular formula is C14H18BrNO3. The van der Waals surface area contributed by atoms with Gasteiger partial charge in [-0.05, 0) is 32.9 Å². The molecule has 0 bridgehead atoms. The fourth-order valence-corrected chi connectivity index (χ4v) is 1.82. The minimum absolute atomic E-state index is 0.00218. The van der Waals surface area contributed by atoms with Crippen molar-refractivity contribution in [1.29, 1.82) is 0 Å². The molecule has 0 atom stereocenters. The number of Topliss-reactive ketones (excluding diaryl/α,β-unsaturated/α-hetero) is 1. The van der Waals surface area contributed by atoms with Gasteiger partial charge in [0.05, 0.1) is 13.7 Å². The van der Waals surface area contributed by atoms with Crippen LogP contribution in [0.5, 0.6) is 0 Å². The molecule has 0 unspecified atom stereocenters. The summed E-state index contributed by atoms with van der Waals surface area (Å²) < 4.78 is 5.63. The van der Waals surface area contributed by atoms with Crippen LogP contribution in [0, 0.1) is 0 Å². The summed E-state index contributed by atoms with van der Waals surface area (Å²) in [6, 6.07) is 7.05. The van der Waals surface area contributed by atoms with Gasteiger partial charge in [0.15, 0.2) is 5.78 Å². The number of nitrogens with zero attached hydrogens (tertiary/aromatic N) is 1. The molecule has 1 amide bonds. The standard InChI is InChI=1S/C14H18BrNO3/c1-14(2,3)16(13(18)19-4)9-12(17)10-5-7-11(15)8-6-10/h5-8H,9H2,1-4H3. The lowest BCUT2D eigenvalue weighted by Gasteiger charge is -2.33. The Morgan fingerprint density at radius 2 is 1.74 bits per heavy atom. The average Bonchev–Trinajstić information content (AvgIpc) is 2.34. The molecule has 0 heterocycles. The summed E-state index contributed by atoms with van der Waals surface area (Å²) in [6.07, 6.45) is -0.502. The number of carbonyl (C=O) groups excluding carboxylic acids is 2. The zero-order valence-electron chi connectivity index (χ0n) is 11.6. The molecule has 19 heavy (non-hydrogen) atoms. The number of hydrogen-bond donors (Lipinski definition) is 0. The van der Waals surface area contributed by atoms with Gasteiger partial charge in [-0.15, -0.1) is 0 Å². The van der Waals surface area contributed by atoms with E-state index in [1.54, 1.807) is 24.3 Å². The van der Waals surface area contributed by atoms with Gasteiger partial charge in [-0.1, -0.05) is 28.1 Å². The lowest BCUT2D eigenvalue weighted by molar-refractivity contribution is 0.0696. The normalized spacial score (nSPS) is 11.0. The Morgan fingerprint density at radius 3 is 2.16 bits per heavy atom. The van der Waals surface area contributed by atoms with Gasteiger partial charge >= 0.3 is 6.09 Å². The fourth-order valence-electron chi connectivity index (χ4n) is 1.56. The molecule has 0 aliphatic carbocycles. The van der Waals surface area contributed by atoms with Crippen molar-refractivity contribution in [3.05, 3.63) is 34.3 Å². The van der Waals surface area contributed by atoms with Crippen molar-refractivity contribution in [2.75, 3.05) is 13.7 Å². The highest BCUT2D eigenvalue weighted by Crippen LogP contribution is 2.17. The van der Waals surface area contributed by atoms with E-state index in [4.69, 9.17) is 4.74 Å². The second-order valence-electron chi connectivity index (χ2n) is 5.16. The summed E-state index contributed by atoms with van der Waals surface area (Å²) >= 11 is 3.32. The van der Waals surface area contributed by atoms with Crippen molar-refractivity contribution in [3.63, 3.8) is 0 Å². The van der Waals surface area contributed by atoms with Gasteiger partial charge < -0.3 is 4.74 Å². The quantitative estimate of drug-likeness (QED) is 0.798. The highest BCUT2D eigenvalue weighted by atomic mass is 79.9. The smallest absolute Gasteiger partial charge is 0.410 e. The predicted molar refractivity (Wildman–Crippen MR) is 77.3 cm³/mol. The maximum atomic E-state index is 12.2. The topological polar surface area (TPSA) is 46.6 Å². The first-order valence-corrected chi connectivity index (χ1v) is 6.69. The molecular weight excluding hydrogens is 310 g/mol. The number of ether oxygens (including phenoxy) is 1. The minimum atomic E-state index is -0.502. The van der Waals surface area contributed by atoms with Crippen LogP contribution < -0.4 is 0 Å². The molecule has 0 spiro atoms. The van der Waals surface area contributed by atoms with E-state index in [0.29, 0.717) is 5.56 Å². The van der Waals surface area contributed by atoms with Gasteiger partial charge in [0.25, 0.3) is 0 Å². The molecule has 4 nitrogen and oxygen atoms in total. The second-order valence-corrected chi connectivity index (χ2v) is 6.07. The van der Waals surface area contributed by atoms with E-state index in [2.05, 4.69) is 15.9 Å². The van der Waals surface area contributed by atoms with Gasteiger partial charge in [-0.3, -0.25) is 9.69 Å². The summed E-state index contributed by atoms with van der Waals surface area (Å²) in [6.45, 7) is 5.58. The van der Waals surface area contributed by atoms with Gasteiger partial charge in [0.2, 0.25) is 0 Å². The number of amides is 1. The van der Waals surface area contributed by atoms with E-state index in [-0.39, 0.29) is 12.3 Å². The number of rotatable bonds is 3. The maximum absolute atomic E-state index is 12.2.